The Morgan fingerprint density at radius 3 is 2.51 bits per heavy atom. The first-order valence-electron chi connectivity index (χ1n) is 11.2. The van der Waals surface area contributed by atoms with E-state index < -0.39 is 11.7 Å². The summed E-state index contributed by atoms with van der Waals surface area (Å²) in [5.74, 6) is 0.981. The minimum Gasteiger partial charge on any atom is -0.340 e. The van der Waals surface area contributed by atoms with Crippen molar-refractivity contribution >= 4 is 33.7 Å². The van der Waals surface area contributed by atoms with Gasteiger partial charge >= 0.3 is 6.18 Å². The summed E-state index contributed by atoms with van der Waals surface area (Å²) in [6.45, 7) is 0.683. The topological polar surface area (TPSA) is 66.8 Å². The van der Waals surface area contributed by atoms with Crippen molar-refractivity contribution in [1.29, 1.82) is 0 Å². The molecule has 0 spiro atoms. The van der Waals surface area contributed by atoms with Crippen LogP contribution in [-0.4, -0.2) is 32.0 Å². The van der Waals surface area contributed by atoms with Crippen molar-refractivity contribution in [3.63, 3.8) is 0 Å². The van der Waals surface area contributed by atoms with Gasteiger partial charge in [-0.15, -0.1) is 0 Å². The molecule has 0 bridgehead atoms. The van der Waals surface area contributed by atoms with E-state index in [4.69, 9.17) is 4.98 Å². The first-order chi connectivity index (χ1) is 16.9. The molecule has 0 aliphatic carbocycles. The number of nitrogens with one attached hydrogen (secondary N) is 1. The number of carbonyl (C=O) groups is 1. The van der Waals surface area contributed by atoms with Crippen molar-refractivity contribution < 1.29 is 18.0 Å². The number of amides is 1. The first kappa shape index (κ1) is 21.4. The highest BCUT2D eigenvalue weighted by Crippen LogP contribution is 2.36. The molecule has 9 heteroatoms. The van der Waals surface area contributed by atoms with E-state index in [-0.39, 0.29) is 30.5 Å². The first-order valence-corrected chi connectivity index (χ1v) is 11.2. The summed E-state index contributed by atoms with van der Waals surface area (Å²) in [6, 6.07) is 20.4. The number of aromatic nitrogens is 4. The number of alkyl halides is 3. The van der Waals surface area contributed by atoms with E-state index in [9.17, 15) is 18.0 Å². The van der Waals surface area contributed by atoms with Crippen LogP contribution in [0.1, 0.15) is 29.6 Å². The van der Waals surface area contributed by atoms with Crippen LogP contribution in [0.15, 0.2) is 72.8 Å². The van der Waals surface area contributed by atoms with E-state index in [1.165, 1.54) is 17.0 Å². The van der Waals surface area contributed by atoms with Gasteiger partial charge in [-0.3, -0.25) is 4.79 Å². The van der Waals surface area contributed by atoms with Crippen LogP contribution < -0.4 is 4.90 Å². The molecule has 1 aliphatic rings. The van der Waals surface area contributed by atoms with Crippen molar-refractivity contribution in [2.75, 3.05) is 11.4 Å². The average Bonchev–Trinajstić information content (AvgIpc) is 3.53. The lowest BCUT2D eigenvalue weighted by Crippen LogP contribution is -2.25. The molecule has 5 aromatic rings. The number of rotatable bonds is 4. The van der Waals surface area contributed by atoms with Crippen LogP contribution in [0.2, 0.25) is 0 Å². The molecule has 1 fully saturated rings. The van der Waals surface area contributed by atoms with E-state index in [0.29, 0.717) is 6.54 Å². The Hall–Kier alpha value is -4.14. The molecule has 6 nitrogen and oxygen atoms in total. The lowest BCUT2D eigenvalue weighted by atomic mass is 10.1. The molecule has 1 aliphatic heterocycles. The molecule has 0 radical (unpaired) electrons. The van der Waals surface area contributed by atoms with Gasteiger partial charge in [0.15, 0.2) is 0 Å². The minimum absolute atomic E-state index is 0.166. The van der Waals surface area contributed by atoms with Gasteiger partial charge in [0, 0.05) is 24.6 Å². The van der Waals surface area contributed by atoms with Crippen molar-refractivity contribution in [2.45, 2.75) is 25.1 Å². The Balaban J connectivity index is 1.36. The molecular formula is C26H20F3N5O. The van der Waals surface area contributed by atoms with Gasteiger partial charge in [-0.05, 0) is 42.5 Å². The van der Waals surface area contributed by atoms with Crippen molar-refractivity contribution in [3.8, 4) is 0 Å². The number of hydrogen-bond acceptors (Lipinski definition) is 3. The summed E-state index contributed by atoms with van der Waals surface area (Å²) < 4.78 is 41.7. The second kappa shape index (κ2) is 7.97. The summed E-state index contributed by atoms with van der Waals surface area (Å²) in [6.07, 6.45) is -4.31. The van der Waals surface area contributed by atoms with Crippen molar-refractivity contribution in [3.05, 3.63) is 90.0 Å². The number of hydrogen-bond donors (Lipinski definition) is 1. The van der Waals surface area contributed by atoms with E-state index in [0.717, 1.165) is 45.8 Å². The normalized spacial score (nSPS) is 16.6. The van der Waals surface area contributed by atoms with E-state index in [1.54, 1.807) is 0 Å². The molecule has 1 saturated heterocycles. The maximum absolute atomic E-state index is 13.2. The third kappa shape index (κ3) is 3.82. The van der Waals surface area contributed by atoms with E-state index in [1.807, 2.05) is 53.1 Å². The largest absolute Gasteiger partial charge is 0.416 e. The summed E-state index contributed by atoms with van der Waals surface area (Å²) in [7, 11) is 0. The molecule has 176 valence electrons. The zero-order valence-electron chi connectivity index (χ0n) is 18.5. The van der Waals surface area contributed by atoms with Gasteiger partial charge in [0.05, 0.1) is 34.2 Å². The zero-order valence-corrected chi connectivity index (χ0v) is 18.5. The van der Waals surface area contributed by atoms with Crippen LogP contribution in [-0.2, 0) is 17.5 Å². The summed E-state index contributed by atoms with van der Waals surface area (Å²) in [5, 5.41) is 0. The Morgan fingerprint density at radius 1 is 0.943 bits per heavy atom. The van der Waals surface area contributed by atoms with Crippen molar-refractivity contribution in [2.24, 2.45) is 0 Å². The van der Waals surface area contributed by atoms with Gasteiger partial charge < -0.3 is 14.5 Å². The molecule has 1 amide bonds. The number of nitrogens with zero attached hydrogens (tertiary/aromatic N) is 4. The quantitative estimate of drug-likeness (QED) is 0.373. The smallest absolute Gasteiger partial charge is 0.340 e. The number of imidazole rings is 2. The molecule has 3 aromatic carbocycles. The molecule has 1 N–H and O–H groups in total. The fourth-order valence-corrected chi connectivity index (χ4v) is 4.78. The summed E-state index contributed by atoms with van der Waals surface area (Å²) in [5.41, 5.74) is 2.97. The highest BCUT2D eigenvalue weighted by atomic mass is 19.4. The van der Waals surface area contributed by atoms with Gasteiger partial charge in [-0.25, -0.2) is 9.97 Å². The third-order valence-corrected chi connectivity index (χ3v) is 6.41. The van der Waals surface area contributed by atoms with Crippen LogP contribution in [0.5, 0.6) is 0 Å². The fraction of sp³-hybridized carbons (Fsp3) is 0.192. The number of halogens is 3. The van der Waals surface area contributed by atoms with Crippen LogP contribution in [0.4, 0.5) is 18.9 Å². The lowest BCUT2D eigenvalue weighted by Gasteiger charge is -2.18. The Kier molecular flexibility index (Phi) is 4.87. The fourth-order valence-electron chi connectivity index (χ4n) is 4.78. The molecule has 2 aromatic heterocycles. The average molecular weight is 475 g/mol. The maximum Gasteiger partial charge on any atom is 0.416 e. The SMILES string of the molecule is O=C1CC(c2nc3ccccc3n2Cc2nc3ccccc3[nH]2)CN1c1cccc(C(F)(F)F)c1. The monoisotopic (exact) mass is 475 g/mol. The number of aromatic amines is 1. The molecule has 3 heterocycles. The third-order valence-electron chi connectivity index (χ3n) is 6.41. The number of anilines is 1. The number of benzene rings is 3. The van der Waals surface area contributed by atoms with Gasteiger partial charge in [0.2, 0.25) is 5.91 Å². The van der Waals surface area contributed by atoms with Gasteiger partial charge in [-0.1, -0.05) is 30.3 Å². The van der Waals surface area contributed by atoms with Crippen LogP contribution in [0, 0.1) is 0 Å². The van der Waals surface area contributed by atoms with Crippen LogP contribution in [0.3, 0.4) is 0 Å². The Bertz CT molecular complexity index is 1540. The second-order valence-electron chi connectivity index (χ2n) is 8.70. The Labute approximate surface area is 198 Å². The van der Waals surface area contributed by atoms with E-state index in [2.05, 4.69) is 9.97 Å². The lowest BCUT2D eigenvalue weighted by molar-refractivity contribution is -0.137. The molecule has 0 saturated carbocycles. The molecule has 35 heavy (non-hydrogen) atoms. The van der Waals surface area contributed by atoms with Gasteiger partial charge in [0.25, 0.3) is 0 Å². The second-order valence-corrected chi connectivity index (χ2v) is 8.70. The van der Waals surface area contributed by atoms with Gasteiger partial charge in [0.1, 0.15) is 11.6 Å². The van der Waals surface area contributed by atoms with Crippen LogP contribution in [0.25, 0.3) is 22.1 Å². The molecule has 1 atom stereocenters. The highest BCUT2D eigenvalue weighted by molar-refractivity contribution is 5.96. The number of H-pyrrole nitrogens is 1. The summed E-state index contributed by atoms with van der Waals surface area (Å²) in [4.78, 5) is 27.2. The summed E-state index contributed by atoms with van der Waals surface area (Å²) >= 11 is 0. The molecular weight excluding hydrogens is 455 g/mol. The number of carbonyl (C=O) groups excluding carboxylic acids is 1. The van der Waals surface area contributed by atoms with Gasteiger partial charge in [-0.2, -0.15) is 13.2 Å². The van der Waals surface area contributed by atoms with E-state index >= 15 is 0 Å². The predicted octanol–water partition coefficient (Wildman–Crippen LogP) is 5.50. The minimum atomic E-state index is -4.47. The highest BCUT2D eigenvalue weighted by Gasteiger charge is 2.36. The standard InChI is InChI=1S/C26H20F3N5O/c27-26(28,29)17-6-5-7-18(13-17)33-14-16(12-24(33)35)25-32-21-10-3-4-11-22(21)34(25)15-23-30-19-8-1-2-9-20(19)31-23/h1-11,13,16H,12,14-15H2,(H,30,31). The van der Waals surface area contributed by atoms with Crippen LogP contribution >= 0.6 is 0 Å². The number of para-hydroxylation sites is 4. The molecule has 6 rings (SSSR count). The Morgan fingerprint density at radius 2 is 1.71 bits per heavy atom. The number of fused-ring (bicyclic) bond motifs is 2. The predicted molar refractivity (Wildman–Crippen MR) is 126 cm³/mol. The maximum atomic E-state index is 13.2. The van der Waals surface area contributed by atoms with Crippen molar-refractivity contribution in [1.82, 2.24) is 19.5 Å². The molecule has 1 unspecified atom stereocenters. The zero-order chi connectivity index (χ0) is 24.2.